The van der Waals surface area contributed by atoms with Crippen LogP contribution in [0.2, 0.25) is 0 Å². The zero-order valence-electron chi connectivity index (χ0n) is 17.3. The van der Waals surface area contributed by atoms with Crippen molar-refractivity contribution in [1.29, 1.82) is 0 Å². The fourth-order valence-corrected chi connectivity index (χ4v) is 4.48. The quantitative estimate of drug-likeness (QED) is 0.374. The van der Waals surface area contributed by atoms with E-state index in [9.17, 15) is 0 Å². The number of nitrogens with zero attached hydrogens (tertiary/aromatic N) is 5. The maximum Gasteiger partial charge on any atom is 0.158 e. The smallest absolute Gasteiger partial charge is 0.158 e. The molecule has 158 valence electrons. The van der Waals surface area contributed by atoms with Crippen LogP contribution in [0.5, 0.6) is 5.75 Å². The molecule has 0 aliphatic heterocycles. The first kappa shape index (κ1) is 18.9. The van der Waals surface area contributed by atoms with Gasteiger partial charge in [0.25, 0.3) is 0 Å². The molecule has 0 amide bonds. The van der Waals surface area contributed by atoms with Gasteiger partial charge in [-0.1, -0.05) is 0 Å². The summed E-state index contributed by atoms with van der Waals surface area (Å²) in [6.45, 7) is 0. The molecule has 0 radical (unpaired) electrons. The second-order valence-electron chi connectivity index (χ2n) is 7.66. The van der Waals surface area contributed by atoms with Crippen LogP contribution in [0.15, 0.2) is 59.5 Å². The number of hydrogen-bond acceptors (Lipinski definition) is 5. The molecule has 0 aliphatic carbocycles. The van der Waals surface area contributed by atoms with Gasteiger partial charge in [-0.3, -0.25) is 0 Å². The zero-order valence-corrected chi connectivity index (χ0v) is 18.9. The van der Waals surface area contributed by atoms with Crippen molar-refractivity contribution in [2.45, 2.75) is 0 Å². The van der Waals surface area contributed by atoms with Gasteiger partial charge < -0.3 is 20.0 Å². The van der Waals surface area contributed by atoms with Crippen molar-refractivity contribution in [2.75, 3.05) is 12.8 Å². The SMILES string of the molecule is COc1ccc2[nH]cc(-c3cc4nc(-c5cn(C)c6ncc(Br)cc56)cc(N)n4n3)c2c1. The van der Waals surface area contributed by atoms with E-state index in [4.69, 9.17) is 20.6 Å². The number of halogens is 1. The van der Waals surface area contributed by atoms with Crippen LogP contribution in [0, 0.1) is 0 Å². The normalized spacial score (nSPS) is 11.7. The van der Waals surface area contributed by atoms with Gasteiger partial charge in [0, 0.05) is 69.7 Å². The third-order valence-corrected chi connectivity index (χ3v) is 6.11. The van der Waals surface area contributed by atoms with Gasteiger partial charge >= 0.3 is 0 Å². The Hall–Kier alpha value is -3.85. The van der Waals surface area contributed by atoms with Gasteiger partial charge in [0.05, 0.1) is 18.5 Å². The number of H-pyrrole nitrogens is 1. The van der Waals surface area contributed by atoms with Gasteiger partial charge in [-0.2, -0.15) is 9.61 Å². The first-order chi connectivity index (χ1) is 15.5. The summed E-state index contributed by atoms with van der Waals surface area (Å²) < 4.78 is 9.95. The molecule has 0 bridgehead atoms. The molecule has 1 aromatic carbocycles. The van der Waals surface area contributed by atoms with Gasteiger partial charge in [-0.05, 0) is 40.2 Å². The molecular weight excluding hydrogens is 470 g/mol. The number of aromatic amines is 1. The molecular formula is C23H18BrN7O. The Morgan fingerprint density at radius 2 is 1.94 bits per heavy atom. The molecule has 9 heteroatoms. The number of benzene rings is 1. The number of nitrogen functional groups attached to an aromatic ring is 1. The Kier molecular flexibility index (Phi) is 4.03. The van der Waals surface area contributed by atoms with Crippen LogP contribution in [0.4, 0.5) is 5.82 Å². The van der Waals surface area contributed by atoms with E-state index in [2.05, 4.69) is 25.9 Å². The number of methoxy groups -OCH3 is 1. The van der Waals surface area contributed by atoms with Crippen LogP contribution >= 0.6 is 15.9 Å². The minimum Gasteiger partial charge on any atom is -0.497 e. The number of nitrogens with one attached hydrogen (secondary N) is 1. The predicted octanol–water partition coefficient (Wildman–Crippen LogP) is 4.78. The highest BCUT2D eigenvalue weighted by molar-refractivity contribution is 9.10. The average molecular weight is 488 g/mol. The van der Waals surface area contributed by atoms with Crippen LogP contribution in [0.1, 0.15) is 0 Å². The summed E-state index contributed by atoms with van der Waals surface area (Å²) in [4.78, 5) is 12.7. The fourth-order valence-electron chi connectivity index (χ4n) is 4.15. The van der Waals surface area contributed by atoms with Gasteiger partial charge in [0.1, 0.15) is 17.2 Å². The molecule has 8 nitrogen and oxygen atoms in total. The number of ether oxygens (including phenoxy) is 1. The monoisotopic (exact) mass is 487 g/mol. The minimum atomic E-state index is 0.508. The van der Waals surface area contributed by atoms with Crippen LogP contribution in [-0.2, 0) is 7.05 Å². The maximum absolute atomic E-state index is 6.40. The highest BCUT2D eigenvalue weighted by Crippen LogP contribution is 2.34. The standard InChI is InChI=1S/C23H18BrN7O/c1-30-11-17(15-5-12(24)9-27-23(15)30)19-7-21(25)31-22(28-19)8-20(29-31)16-10-26-18-4-3-13(32-2)6-14(16)18/h3-11,26H,25H2,1-2H3. The number of rotatable bonds is 3. The molecule has 5 heterocycles. The molecule has 0 saturated carbocycles. The van der Waals surface area contributed by atoms with Gasteiger partial charge in [0.15, 0.2) is 5.65 Å². The van der Waals surface area contributed by atoms with Crippen molar-refractivity contribution < 1.29 is 4.74 Å². The Bertz CT molecular complexity index is 1660. The summed E-state index contributed by atoms with van der Waals surface area (Å²) in [6, 6.07) is 11.7. The molecule has 6 aromatic rings. The predicted molar refractivity (Wildman–Crippen MR) is 129 cm³/mol. The number of aromatic nitrogens is 6. The molecule has 3 N–H and O–H groups in total. The van der Waals surface area contributed by atoms with Gasteiger partial charge in [0.2, 0.25) is 0 Å². The summed E-state index contributed by atoms with van der Waals surface area (Å²) in [5.74, 6) is 1.30. The third kappa shape index (κ3) is 2.78. The number of pyridine rings is 1. The minimum absolute atomic E-state index is 0.508. The molecule has 0 spiro atoms. The lowest BCUT2D eigenvalue weighted by Gasteiger charge is -2.03. The van der Waals surface area contributed by atoms with E-state index in [1.54, 1.807) is 17.8 Å². The molecule has 0 atom stereocenters. The van der Waals surface area contributed by atoms with Crippen LogP contribution in [0.3, 0.4) is 0 Å². The van der Waals surface area contributed by atoms with Crippen molar-refractivity contribution in [2.24, 2.45) is 7.05 Å². The van der Waals surface area contributed by atoms with E-state index in [0.717, 1.165) is 54.7 Å². The van der Waals surface area contributed by atoms with Crippen molar-refractivity contribution in [3.63, 3.8) is 0 Å². The molecule has 5 aromatic heterocycles. The first-order valence-electron chi connectivity index (χ1n) is 9.94. The molecule has 0 saturated heterocycles. The summed E-state index contributed by atoms with van der Waals surface area (Å²) >= 11 is 3.52. The van der Waals surface area contributed by atoms with Gasteiger partial charge in [-0.25, -0.2) is 9.97 Å². The third-order valence-electron chi connectivity index (χ3n) is 5.68. The number of anilines is 1. The number of hydrogen-bond donors (Lipinski definition) is 2. The van der Waals surface area contributed by atoms with E-state index in [1.807, 2.05) is 60.4 Å². The average Bonchev–Trinajstić information content (AvgIpc) is 3.48. The number of nitrogens with two attached hydrogens (primary N) is 1. The van der Waals surface area contributed by atoms with Crippen molar-refractivity contribution in [3.05, 3.63) is 59.5 Å². The summed E-state index contributed by atoms with van der Waals surface area (Å²) in [6.07, 6.45) is 5.75. The molecule has 6 rings (SSSR count). The van der Waals surface area contributed by atoms with E-state index < -0.39 is 0 Å². The summed E-state index contributed by atoms with van der Waals surface area (Å²) in [5, 5.41) is 6.75. The van der Waals surface area contributed by atoms with Crippen molar-refractivity contribution >= 4 is 49.3 Å². The lowest BCUT2D eigenvalue weighted by Crippen LogP contribution is -2.01. The van der Waals surface area contributed by atoms with Crippen molar-refractivity contribution in [1.82, 2.24) is 29.1 Å². The summed E-state index contributed by atoms with van der Waals surface area (Å²) in [5.41, 5.74) is 12.4. The van der Waals surface area contributed by atoms with E-state index >= 15 is 0 Å². The highest BCUT2D eigenvalue weighted by Gasteiger charge is 2.17. The second-order valence-corrected chi connectivity index (χ2v) is 8.57. The maximum atomic E-state index is 6.40. The Morgan fingerprint density at radius 3 is 2.78 bits per heavy atom. The highest BCUT2D eigenvalue weighted by atomic mass is 79.9. The van der Waals surface area contributed by atoms with E-state index in [-0.39, 0.29) is 0 Å². The fraction of sp³-hybridized carbons (Fsp3) is 0.0870. The Labute approximate surface area is 190 Å². The van der Waals surface area contributed by atoms with E-state index in [1.165, 1.54) is 0 Å². The van der Waals surface area contributed by atoms with Crippen molar-refractivity contribution in [3.8, 4) is 28.3 Å². The van der Waals surface area contributed by atoms with E-state index in [0.29, 0.717) is 11.5 Å². The largest absolute Gasteiger partial charge is 0.497 e. The molecule has 32 heavy (non-hydrogen) atoms. The number of aryl methyl sites for hydroxylation is 1. The Balaban J connectivity index is 1.54. The molecule has 0 unspecified atom stereocenters. The second kappa shape index (κ2) is 6.83. The van der Waals surface area contributed by atoms with Gasteiger partial charge in [-0.15, -0.1) is 0 Å². The van der Waals surface area contributed by atoms with Crippen LogP contribution in [0.25, 0.3) is 50.1 Å². The topological polar surface area (TPSA) is 99.0 Å². The van der Waals surface area contributed by atoms with Crippen LogP contribution < -0.4 is 10.5 Å². The molecule has 0 aliphatic rings. The first-order valence-corrected chi connectivity index (χ1v) is 10.7. The Morgan fingerprint density at radius 1 is 1.06 bits per heavy atom. The number of fused-ring (bicyclic) bond motifs is 3. The molecule has 0 fully saturated rings. The zero-order chi connectivity index (χ0) is 22.0. The summed E-state index contributed by atoms with van der Waals surface area (Å²) in [7, 11) is 3.63. The lowest BCUT2D eigenvalue weighted by molar-refractivity contribution is 0.415. The lowest BCUT2D eigenvalue weighted by atomic mass is 10.1. The van der Waals surface area contributed by atoms with Crippen LogP contribution in [-0.4, -0.2) is 36.2 Å².